The van der Waals surface area contributed by atoms with E-state index in [2.05, 4.69) is 10.6 Å². The summed E-state index contributed by atoms with van der Waals surface area (Å²) in [5.41, 5.74) is 0.00828. The van der Waals surface area contributed by atoms with E-state index in [0.29, 0.717) is 17.0 Å². The van der Waals surface area contributed by atoms with Gasteiger partial charge in [-0.15, -0.1) is 0 Å². The molecular formula is C15H19ClN2O3. The molecule has 1 aliphatic carbocycles. The third-order valence-electron chi connectivity index (χ3n) is 4.08. The van der Waals surface area contributed by atoms with Gasteiger partial charge in [0.2, 0.25) is 5.91 Å². The normalized spacial score (nSPS) is 23.0. The highest BCUT2D eigenvalue weighted by Crippen LogP contribution is 2.40. The number of hydrogen-bond donors (Lipinski definition) is 3. The van der Waals surface area contributed by atoms with Crippen molar-refractivity contribution in [2.45, 2.75) is 32.4 Å². The van der Waals surface area contributed by atoms with Gasteiger partial charge < -0.3 is 15.7 Å². The first kappa shape index (κ1) is 15.8. The molecule has 2 rings (SSSR count). The van der Waals surface area contributed by atoms with Crippen LogP contribution in [0.5, 0.6) is 0 Å². The summed E-state index contributed by atoms with van der Waals surface area (Å²) in [6.45, 7) is 3.68. The maximum absolute atomic E-state index is 11.9. The number of carbonyl (C=O) groups is 2. The summed E-state index contributed by atoms with van der Waals surface area (Å²) < 4.78 is 0. The molecule has 0 bridgehead atoms. The second-order valence-corrected chi connectivity index (χ2v) is 6.26. The van der Waals surface area contributed by atoms with Crippen LogP contribution in [-0.4, -0.2) is 35.6 Å². The van der Waals surface area contributed by atoms with E-state index in [9.17, 15) is 14.7 Å². The number of halogens is 1. The maximum atomic E-state index is 11.9. The van der Waals surface area contributed by atoms with Crippen molar-refractivity contribution in [2.75, 3.05) is 6.54 Å². The first-order valence-corrected chi connectivity index (χ1v) is 7.20. The third-order valence-corrected chi connectivity index (χ3v) is 4.41. The van der Waals surface area contributed by atoms with Crippen LogP contribution in [0.25, 0.3) is 0 Å². The zero-order valence-corrected chi connectivity index (χ0v) is 12.8. The standard InChI is InChI=1S/C15H19ClN2O3/c1-15(2)11(7-12(15)19)18-13(20)8-17-14(21)9-5-3-4-6-10(9)16/h3-6,11-12,19H,7-8H2,1-2H3,(H,17,21)(H,18,20). The van der Waals surface area contributed by atoms with Crippen molar-refractivity contribution in [1.29, 1.82) is 0 Å². The summed E-state index contributed by atoms with van der Waals surface area (Å²) >= 11 is 5.91. The Hall–Kier alpha value is -1.59. The molecule has 3 N–H and O–H groups in total. The number of aliphatic hydroxyl groups excluding tert-OH is 1. The van der Waals surface area contributed by atoms with E-state index in [1.165, 1.54) is 0 Å². The summed E-state index contributed by atoms with van der Waals surface area (Å²) in [5, 5.41) is 15.3. The molecule has 2 unspecified atom stereocenters. The Bertz CT molecular complexity index is 560. The predicted octanol–water partition coefficient (Wildman–Crippen LogP) is 1.35. The molecule has 2 atom stereocenters. The Morgan fingerprint density at radius 2 is 2.05 bits per heavy atom. The van der Waals surface area contributed by atoms with Crippen molar-refractivity contribution in [2.24, 2.45) is 5.41 Å². The number of aliphatic hydroxyl groups is 1. The number of nitrogens with one attached hydrogen (secondary N) is 2. The van der Waals surface area contributed by atoms with Crippen molar-refractivity contribution in [3.8, 4) is 0 Å². The Labute approximate surface area is 128 Å². The van der Waals surface area contributed by atoms with E-state index in [-0.39, 0.29) is 29.8 Å². The molecule has 1 saturated carbocycles. The molecule has 0 heterocycles. The predicted molar refractivity (Wildman–Crippen MR) is 80.1 cm³/mol. The highest BCUT2D eigenvalue weighted by atomic mass is 35.5. The molecule has 0 saturated heterocycles. The first-order chi connectivity index (χ1) is 9.82. The zero-order chi connectivity index (χ0) is 15.6. The minimum absolute atomic E-state index is 0.0720. The molecule has 1 aromatic carbocycles. The van der Waals surface area contributed by atoms with Crippen LogP contribution in [-0.2, 0) is 4.79 Å². The van der Waals surface area contributed by atoms with Crippen LogP contribution in [0.1, 0.15) is 30.6 Å². The van der Waals surface area contributed by atoms with E-state index in [1.807, 2.05) is 13.8 Å². The van der Waals surface area contributed by atoms with Gasteiger partial charge >= 0.3 is 0 Å². The fraction of sp³-hybridized carbons (Fsp3) is 0.467. The summed E-state index contributed by atoms with van der Waals surface area (Å²) in [7, 11) is 0. The van der Waals surface area contributed by atoms with Gasteiger partial charge in [-0.2, -0.15) is 0 Å². The fourth-order valence-electron chi connectivity index (χ4n) is 2.29. The number of benzene rings is 1. The topological polar surface area (TPSA) is 78.4 Å². The zero-order valence-electron chi connectivity index (χ0n) is 12.0. The second-order valence-electron chi connectivity index (χ2n) is 5.86. The molecule has 0 radical (unpaired) electrons. The smallest absolute Gasteiger partial charge is 0.253 e. The van der Waals surface area contributed by atoms with Gasteiger partial charge in [0.05, 0.1) is 23.2 Å². The average molecular weight is 311 g/mol. The summed E-state index contributed by atoms with van der Waals surface area (Å²) in [5.74, 6) is -0.663. The minimum Gasteiger partial charge on any atom is -0.392 e. The van der Waals surface area contributed by atoms with Crippen LogP contribution in [0.2, 0.25) is 5.02 Å². The Morgan fingerprint density at radius 1 is 1.38 bits per heavy atom. The molecule has 2 amide bonds. The molecule has 0 aromatic heterocycles. The lowest BCUT2D eigenvalue weighted by Gasteiger charge is -2.49. The van der Waals surface area contributed by atoms with E-state index in [1.54, 1.807) is 24.3 Å². The summed E-state index contributed by atoms with van der Waals surface area (Å²) in [6.07, 6.45) is 0.137. The van der Waals surface area contributed by atoms with Crippen molar-refractivity contribution in [3.63, 3.8) is 0 Å². The highest BCUT2D eigenvalue weighted by Gasteiger charge is 2.47. The molecule has 6 heteroatoms. The molecular weight excluding hydrogens is 292 g/mol. The molecule has 5 nitrogen and oxygen atoms in total. The van der Waals surface area contributed by atoms with Crippen LogP contribution in [0.3, 0.4) is 0 Å². The number of hydrogen-bond acceptors (Lipinski definition) is 3. The minimum atomic E-state index is -0.402. The van der Waals surface area contributed by atoms with Crippen LogP contribution in [0, 0.1) is 5.41 Å². The van der Waals surface area contributed by atoms with Gasteiger partial charge in [0.25, 0.3) is 5.91 Å². The maximum Gasteiger partial charge on any atom is 0.253 e. The van der Waals surface area contributed by atoms with E-state index >= 15 is 0 Å². The largest absolute Gasteiger partial charge is 0.392 e. The SMILES string of the molecule is CC1(C)C(O)CC1NC(=O)CNC(=O)c1ccccc1Cl. The Balaban J connectivity index is 1.82. The van der Waals surface area contributed by atoms with Gasteiger partial charge in [-0.25, -0.2) is 0 Å². The molecule has 0 spiro atoms. The fourth-order valence-corrected chi connectivity index (χ4v) is 2.52. The van der Waals surface area contributed by atoms with Gasteiger partial charge in [0.15, 0.2) is 0 Å². The van der Waals surface area contributed by atoms with Crippen molar-refractivity contribution >= 4 is 23.4 Å². The first-order valence-electron chi connectivity index (χ1n) is 6.82. The lowest BCUT2D eigenvalue weighted by atomic mass is 9.64. The monoisotopic (exact) mass is 310 g/mol. The van der Waals surface area contributed by atoms with Gasteiger partial charge in [0.1, 0.15) is 0 Å². The summed E-state index contributed by atoms with van der Waals surface area (Å²) in [4.78, 5) is 23.7. The van der Waals surface area contributed by atoms with E-state index in [0.717, 1.165) is 0 Å². The van der Waals surface area contributed by atoms with Gasteiger partial charge in [-0.05, 0) is 18.6 Å². The van der Waals surface area contributed by atoms with Crippen molar-refractivity contribution in [3.05, 3.63) is 34.9 Å². The average Bonchev–Trinajstić information content (AvgIpc) is 2.45. The summed E-state index contributed by atoms with van der Waals surface area (Å²) in [6, 6.07) is 6.59. The quantitative estimate of drug-likeness (QED) is 0.785. The molecule has 0 aliphatic heterocycles. The number of carbonyl (C=O) groups excluding carboxylic acids is 2. The number of rotatable bonds is 4. The van der Waals surface area contributed by atoms with Crippen LogP contribution < -0.4 is 10.6 Å². The molecule has 1 aromatic rings. The van der Waals surface area contributed by atoms with E-state index in [4.69, 9.17) is 11.6 Å². The Morgan fingerprint density at radius 3 is 2.62 bits per heavy atom. The van der Waals surface area contributed by atoms with Crippen LogP contribution in [0.15, 0.2) is 24.3 Å². The van der Waals surface area contributed by atoms with Gasteiger partial charge in [-0.3, -0.25) is 9.59 Å². The van der Waals surface area contributed by atoms with Crippen molar-refractivity contribution in [1.82, 2.24) is 10.6 Å². The molecule has 1 fully saturated rings. The van der Waals surface area contributed by atoms with Gasteiger partial charge in [-0.1, -0.05) is 37.6 Å². The lowest BCUT2D eigenvalue weighted by Crippen LogP contribution is -2.62. The second kappa shape index (κ2) is 6.03. The molecule has 114 valence electrons. The van der Waals surface area contributed by atoms with Crippen molar-refractivity contribution < 1.29 is 14.7 Å². The highest BCUT2D eigenvalue weighted by molar-refractivity contribution is 6.33. The van der Waals surface area contributed by atoms with Crippen LogP contribution >= 0.6 is 11.6 Å². The van der Waals surface area contributed by atoms with Crippen LogP contribution in [0.4, 0.5) is 0 Å². The molecule has 1 aliphatic rings. The molecule has 21 heavy (non-hydrogen) atoms. The number of amides is 2. The van der Waals surface area contributed by atoms with Gasteiger partial charge in [0, 0.05) is 11.5 Å². The third kappa shape index (κ3) is 3.36. The lowest BCUT2D eigenvalue weighted by molar-refractivity contribution is -0.128. The van der Waals surface area contributed by atoms with E-state index < -0.39 is 6.10 Å². The Kier molecular flexibility index (Phi) is 4.54.